The third-order valence-electron chi connectivity index (χ3n) is 2.98. The molecule has 19 heavy (non-hydrogen) atoms. The van der Waals surface area contributed by atoms with E-state index in [2.05, 4.69) is 13.8 Å². The number of fused-ring (bicyclic) bond motifs is 1. The van der Waals surface area contributed by atoms with Gasteiger partial charge in [0.15, 0.2) is 6.23 Å². The minimum atomic E-state index is -0.435. The Kier molecular flexibility index (Phi) is 4.00. The second-order valence-corrected chi connectivity index (χ2v) is 5.30. The Morgan fingerprint density at radius 2 is 2.05 bits per heavy atom. The highest BCUT2D eigenvalue weighted by atomic mass is 16.5. The van der Waals surface area contributed by atoms with Gasteiger partial charge in [-0.2, -0.15) is 0 Å². The van der Waals surface area contributed by atoms with Gasteiger partial charge in [0.1, 0.15) is 5.78 Å². The quantitative estimate of drug-likeness (QED) is 0.817. The molecule has 1 aromatic rings. The maximum Gasteiger partial charge on any atom is 0.257 e. The van der Waals surface area contributed by atoms with Crippen LogP contribution in [0.15, 0.2) is 24.3 Å². The molecule has 0 radical (unpaired) electrons. The van der Waals surface area contributed by atoms with Crippen molar-refractivity contribution in [3.05, 3.63) is 35.4 Å². The van der Waals surface area contributed by atoms with Gasteiger partial charge in [0.25, 0.3) is 5.91 Å². The largest absolute Gasteiger partial charge is 0.354 e. The predicted molar refractivity (Wildman–Crippen MR) is 71.7 cm³/mol. The number of carbonyl (C=O) groups excluding carboxylic acids is 2. The summed E-state index contributed by atoms with van der Waals surface area (Å²) >= 11 is 0. The zero-order valence-electron chi connectivity index (χ0n) is 11.6. The number of carbonyl (C=O) groups is 2. The van der Waals surface area contributed by atoms with E-state index in [0.717, 1.165) is 5.56 Å². The fourth-order valence-electron chi connectivity index (χ4n) is 2.19. The summed E-state index contributed by atoms with van der Waals surface area (Å²) in [4.78, 5) is 25.1. The third-order valence-corrected chi connectivity index (χ3v) is 2.98. The average molecular weight is 261 g/mol. The van der Waals surface area contributed by atoms with Crippen molar-refractivity contribution in [2.24, 2.45) is 5.92 Å². The fourth-order valence-corrected chi connectivity index (χ4v) is 2.19. The van der Waals surface area contributed by atoms with Crippen LogP contribution in [0.3, 0.4) is 0 Å². The lowest BCUT2D eigenvalue weighted by Crippen LogP contribution is -2.34. The zero-order chi connectivity index (χ0) is 14.0. The normalized spacial score (nSPS) is 18.0. The van der Waals surface area contributed by atoms with Crippen LogP contribution in [-0.2, 0) is 9.53 Å². The lowest BCUT2D eigenvalue weighted by Gasteiger charge is -2.25. The van der Waals surface area contributed by atoms with Gasteiger partial charge in [-0.15, -0.1) is 0 Å². The molecule has 0 saturated carbocycles. The Balaban J connectivity index is 2.28. The highest BCUT2D eigenvalue weighted by molar-refractivity contribution is 6.00. The highest BCUT2D eigenvalue weighted by Gasteiger charge is 2.37. The van der Waals surface area contributed by atoms with Crippen LogP contribution in [-0.4, -0.2) is 29.7 Å². The number of rotatable bonds is 5. The van der Waals surface area contributed by atoms with Crippen molar-refractivity contribution in [3.63, 3.8) is 0 Å². The van der Waals surface area contributed by atoms with E-state index in [1.54, 1.807) is 6.07 Å². The first-order chi connectivity index (χ1) is 9.00. The first kappa shape index (κ1) is 13.7. The minimum Gasteiger partial charge on any atom is -0.354 e. The molecule has 102 valence electrons. The number of Topliss-reactive ketones (excluding diaryl/α,β-unsaturated/α-hetero) is 1. The molecule has 0 saturated heterocycles. The number of benzene rings is 1. The van der Waals surface area contributed by atoms with Crippen molar-refractivity contribution in [2.75, 3.05) is 13.2 Å². The van der Waals surface area contributed by atoms with Crippen LogP contribution >= 0.6 is 0 Å². The monoisotopic (exact) mass is 261 g/mol. The topological polar surface area (TPSA) is 46.6 Å². The zero-order valence-corrected chi connectivity index (χ0v) is 11.6. The molecule has 1 atom stereocenters. The van der Waals surface area contributed by atoms with Crippen molar-refractivity contribution in [2.45, 2.75) is 27.0 Å². The second-order valence-electron chi connectivity index (χ2n) is 5.30. The summed E-state index contributed by atoms with van der Waals surface area (Å²) in [5, 5.41) is 0. The third kappa shape index (κ3) is 2.84. The lowest BCUT2D eigenvalue weighted by atomic mass is 10.1. The molecule has 0 fully saturated rings. The Hall–Kier alpha value is -1.68. The van der Waals surface area contributed by atoms with Gasteiger partial charge in [-0.3, -0.25) is 9.59 Å². The molecule has 4 nitrogen and oxygen atoms in total. The number of nitrogens with zero attached hydrogens (tertiary/aromatic N) is 1. The van der Waals surface area contributed by atoms with Gasteiger partial charge < -0.3 is 9.64 Å². The summed E-state index contributed by atoms with van der Waals surface area (Å²) in [6.45, 7) is 6.24. The first-order valence-corrected chi connectivity index (χ1v) is 6.51. The van der Waals surface area contributed by atoms with E-state index in [4.69, 9.17) is 4.74 Å². The van der Waals surface area contributed by atoms with Gasteiger partial charge in [-0.05, 0) is 18.9 Å². The molecular formula is C15H19NO3. The summed E-state index contributed by atoms with van der Waals surface area (Å²) in [5.41, 5.74) is 1.49. The maximum atomic E-state index is 12.3. The maximum absolute atomic E-state index is 12.3. The predicted octanol–water partition coefficient (Wildman–Crippen LogP) is 2.40. The summed E-state index contributed by atoms with van der Waals surface area (Å²) in [5.74, 6) is 0.209. The molecule has 1 aromatic carbocycles. The molecule has 4 heteroatoms. The summed E-state index contributed by atoms with van der Waals surface area (Å²) < 4.78 is 5.83. The Labute approximate surface area is 113 Å². The number of ether oxygens (including phenoxy) is 1. The number of amides is 1. The molecule has 1 aliphatic rings. The Morgan fingerprint density at radius 3 is 2.68 bits per heavy atom. The minimum absolute atomic E-state index is 0.0423. The lowest BCUT2D eigenvalue weighted by molar-refractivity contribution is -0.121. The smallest absolute Gasteiger partial charge is 0.257 e. The molecule has 1 amide bonds. The van der Waals surface area contributed by atoms with Gasteiger partial charge in [0, 0.05) is 11.1 Å². The van der Waals surface area contributed by atoms with Gasteiger partial charge in [-0.25, -0.2) is 0 Å². The highest BCUT2D eigenvalue weighted by Crippen LogP contribution is 2.34. The van der Waals surface area contributed by atoms with Crippen molar-refractivity contribution in [3.8, 4) is 0 Å². The average Bonchev–Trinajstić information content (AvgIpc) is 2.61. The molecular weight excluding hydrogens is 242 g/mol. The second kappa shape index (κ2) is 5.53. The van der Waals surface area contributed by atoms with Crippen molar-refractivity contribution >= 4 is 11.7 Å². The molecule has 0 spiro atoms. The number of hydrogen-bond donors (Lipinski definition) is 0. The van der Waals surface area contributed by atoms with Crippen LogP contribution < -0.4 is 0 Å². The molecule has 0 N–H and O–H groups in total. The number of hydrogen-bond acceptors (Lipinski definition) is 3. The SMILES string of the molecule is CC(=O)CN1C(=O)c2ccccc2C1OCC(C)C. The van der Waals surface area contributed by atoms with E-state index in [1.165, 1.54) is 11.8 Å². The van der Waals surface area contributed by atoms with Gasteiger partial charge in [0.05, 0.1) is 13.2 Å². The van der Waals surface area contributed by atoms with Gasteiger partial charge >= 0.3 is 0 Å². The van der Waals surface area contributed by atoms with Gasteiger partial charge in [-0.1, -0.05) is 32.0 Å². The number of ketones is 1. The van der Waals surface area contributed by atoms with Crippen molar-refractivity contribution in [1.82, 2.24) is 4.90 Å². The van der Waals surface area contributed by atoms with Crippen LogP contribution in [0.4, 0.5) is 0 Å². The van der Waals surface area contributed by atoms with Crippen LogP contribution in [0.25, 0.3) is 0 Å². The molecule has 0 aromatic heterocycles. The van der Waals surface area contributed by atoms with E-state index < -0.39 is 6.23 Å². The summed E-state index contributed by atoms with van der Waals surface area (Å²) in [6.07, 6.45) is -0.435. The molecule has 0 aliphatic carbocycles. The summed E-state index contributed by atoms with van der Waals surface area (Å²) in [6, 6.07) is 7.38. The van der Waals surface area contributed by atoms with E-state index in [0.29, 0.717) is 18.1 Å². The van der Waals surface area contributed by atoms with Crippen LogP contribution in [0.2, 0.25) is 0 Å². The summed E-state index contributed by atoms with van der Waals surface area (Å²) in [7, 11) is 0. The fraction of sp³-hybridized carbons (Fsp3) is 0.467. The van der Waals surface area contributed by atoms with E-state index in [1.807, 2.05) is 18.2 Å². The van der Waals surface area contributed by atoms with Crippen molar-refractivity contribution in [1.29, 1.82) is 0 Å². The molecule has 1 unspecified atom stereocenters. The van der Waals surface area contributed by atoms with Crippen LogP contribution in [0.1, 0.15) is 42.9 Å². The van der Waals surface area contributed by atoms with Crippen LogP contribution in [0, 0.1) is 5.92 Å². The Bertz CT molecular complexity index is 496. The van der Waals surface area contributed by atoms with Gasteiger partial charge in [0.2, 0.25) is 0 Å². The van der Waals surface area contributed by atoms with E-state index in [-0.39, 0.29) is 18.2 Å². The van der Waals surface area contributed by atoms with E-state index in [9.17, 15) is 9.59 Å². The van der Waals surface area contributed by atoms with Crippen molar-refractivity contribution < 1.29 is 14.3 Å². The standard InChI is InChI=1S/C15H19NO3/c1-10(2)9-19-15-13-7-5-4-6-12(13)14(18)16(15)8-11(3)17/h4-7,10,15H,8-9H2,1-3H3. The Morgan fingerprint density at radius 1 is 1.37 bits per heavy atom. The molecule has 2 rings (SSSR count). The first-order valence-electron chi connectivity index (χ1n) is 6.51. The molecule has 0 bridgehead atoms. The van der Waals surface area contributed by atoms with E-state index >= 15 is 0 Å². The van der Waals surface area contributed by atoms with Crippen LogP contribution in [0.5, 0.6) is 0 Å². The molecule has 1 aliphatic heterocycles. The molecule has 1 heterocycles.